The Bertz CT molecular complexity index is 685. The van der Waals surface area contributed by atoms with Gasteiger partial charge in [0.25, 0.3) is 0 Å². The number of benzene rings is 1. The second-order valence-corrected chi connectivity index (χ2v) is 5.87. The third-order valence-electron chi connectivity index (χ3n) is 4.48. The second kappa shape index (κ2) is 7.38. The number of hydrogen-bond acceptors (Lipinski definition) is 4. The van der Waals surface area contributed by atoms with Crippen molar-refractivity contribution >= 4 is 5.91 Å². The Labute approximate surface area is 142 Å². The number of likely N-dealkylation sites (tertiary alicyclic amines) is 1. The molecule has 1 atom stereocenters. The molecule has 2 aromatic rings. The standard InChI is InChI=1S/C18H23N3O3/c1-23-14-6-7-17(24-2)15(13-14)16-5-3-11-21(16)18(22)8-12-20-10-4-9-19-20/h4,6-7,9-10,13,16H,3,5,8,11-12H2,1-2H3/t16-/m0/s1. The molecule has 1 aliphatic rings. The van der Waals surface area contributed by atoms with Gasteiger partial charge in [-0.1, -0.05) is 0 Å². The van der Waals surface area contributed by atoms with E-state index in [9.17, 15) is 4.79 Å². The van der Waals surface area contributed by atoms with Crippen LogP contribution in [0.5, 0.6) is 11.5 Å². The van der Waals surface area contributed by atoms with Crippen molar-refractivity contribution in [2.45, 2.75) is 31.8 Å². The van der Waals surface area contributed by atoms with Gasteiger partial charge in [-0.25, -0.2) is 0 Å². The number of hydrogen-bond donors (Lipinski definition) is 0. The van der Waals surface area contributed by atoms with Gasteiger partial charge in [0.2, 0.25) is 5.91 Å². The first-order chi connectivity index (χ1) is 11.7. The maximum Gasteiger partial charge on any atom is 0.224 e. The van der Waals surface area contributed by atoms with Crippen LogP contribution in [0.4, 0.5) is 0 Å². The molecule has 0 N–H and O–H groups in total. The van der Waals surface area contributed by atoms with Crippen LogP contribution in [0.3, 0.4) is 0 Å². The first-order valence-electron chi connectivity index (χ1n) is 8.21. The predicted octanol–water partition coefficient (Wildman–Crippen LogP) is 2.65. The van der Waals surface area contributed by atoms with Gasteiger partial charge in [-0.15, -0.1) is 0 Å². The highest BCUT2D eigenvalue weighted by Gasteiger charge is 2.31. The summed E-state index contributed by atoms with van der Waals surface area (Å²) in [6.45, 7) is 1.38. The molecule has 6 heteroatoms. The van der Waals surface area contributed by atoms with Gasteiger partial charge < -0.3 is 14.4 Å². The molecule has 1 saturated heterocycles. The average Bonchev–Trinajstić information content (AvgIpc) is 3.30. The number of carbonyl (C=O) groups is 1. The highest BCUT2D eigenvalue weighted by atomic mass is 16.5. The molecule has 3 rings (SSSR count). The van der Waals surface area contributed by atoms with Crippen LogP contribution >= 0.6 is 0 Å². The Morgan fingerprint density at radius 3 is 2.92 bits per heavy atom. The quantitative estimate of drug-likeness (QED) is 0.817. The molecule has 1 aromatic heterocycles. The number of amides is 1. The number of nitrogens with zero attached hydrogens (tertiary/aromatic N) is 3. The van der Waals surface area contributed by atoms with Crippen LogP contribution < -0.4 is 9.47 Å². The van der Waals surface area contributed by atoms with Crippen molar-refractivity contribution in [3.05, 3.63) is 42.2 Å². The van der Waals surface area contributed by atoms with Crippen LogP contribution in [-0.4, -0.2) is 41.4 Å². The van der Waals surface area contributed by atoms with E-state index in [1.807, 2.05) is 35.4 Å². The normalized spacial score (nSPS) is 17.1. The largest absolute Gasteiger partial charge is 0.497 e. The molecule has 128 valence electrons. The molecular formula is C18H23N3O3. The third-order valence-corrected chi connectivity index (χ3v) is 4.48. The minimum atomic E-state index is 0.0418. The van der Waals surface area contributed by atoms with Crippen LogP contribution in [0.15, 0.2) is 36.7 Å². The third kappa shape index (κ3) is 3.37. The molecule has 24 heavy (non-hydrogen) atoms. The zero-order valence-corrected chi connectivity index (χ0v) is 14.1. The molecule has 1 aliphatic heterocycles. The Balaban J connectivity index is 1.76. The fraction of sp³-hybridized carbons (Fsp3) is 0.444. The summed E-state index contributed by atoms with van der Waals surface area (Å²) in [5, 5.41) is 4.15. The summed E-state index contributed by atoms with van der Waals surface area (Å²) >= 11 is 0. The SMILES string of the molecule is COc1ccc(OC)c([C@@H]2CCCN2C(=O)CCn2cccn2)c1. The van der Waals surface area contributed by atoms with Crippen molar-refractivity contribution in [1.82, 2.24) is 14.7 Å². The molecular weight excluding hydrogens is 306 g/mol. The maximum absolute atomic E-state index is 12.7. The molecule has 0 saturated carbocycles. The van der Waals surface area contributed by atoms with E-state index in [0.717, 1.165) is 36.4 Å². The van der Waals surface area contributed by atoms with E-state index in [0.29, 0.717) is 13.0 Å². The summed E-state index contributed by atoms with van der Waals surface area (Å²) in [6, 6.07) is 7.66. The fourth-order valence-corrected chi connectivity index (χ4v) is 3.27. The highest BCUT2D eigenvalue weighted by molar-refractivity contribution is 5.77. The van der Waals surface area contributed by atoms with E-state index in [4.69, 9.17) is 9.47 Å². The Morgan fingerprint density at radius 1 is 1.33 bits per heavy atom. The molecule has 2 heterocycles. The summed E-state index contributed by atoms with van der Waals surface area (Å²) in [6.07, 6.45) is 5.99. The van der Waals surface area contributed by atoms with E-state index in [1.165, 1.54) is 0 Å². The average molecular weight is 329 g/mol. The van der Waals surface area contributed by atoms with Gasteiger partial charge in [-0.05, 0) is 37.1 Å². The number of ether oxygens (including phenoxy) is 2. The number of rotatable bonds is 6. The summed E-state index contributed by atoms with van der Waals surface area (Å²) in [7, 11) is 3.30. The molecule has 0 aliphatic carbocycles. The van der Waals surface area contributed by atoms with Gasteiger partial charge in [-0.3, -0.25) is 9.48 Å². The Kier molecular flexibility index (Phi) is 5.03. The number of carbonyl (C=O) groups excluding carboxylic acids is 1. The molecule has 0 radical (unpaired) electrons. The first-order valence-corrected chi connectivity index (χ1v) is 8.21. The van der Waals surface area contributed by atoms with Gasteiger partial charge in [0.15, 0.2) is 0 Å². The molecule has 1 amide bonds. The molecule has 0 spiro atoms. The van der Waals surface area contributed by atoms with Crippen molar-refractivity contribution in [2.24, 2.45) is 0 Å². The lowest BCUT2D eigenvalue weighted by Gasteiger charge is -2.26. The molecule has 0 unspecified atom stereocenters. The van der Waals surface area contributed by atoms with Crippen LogP contribution in [-0.2, 0) is 11.3 Å². The fourth-order valence-electron chi connectivity index (χ4n) is 3.27. The zero-order valence-electron chi connectivity index (χ0n) is 14.1. The van der Waals surface area contributed by atoms with E-state index in [2.05, 4.69) is 5.10 Å². The van der Waals surface area contributed by atoms with Crippen molar-refractivity contribution in [1.29, 1.82) is 0 Å². The smallest absolute Gasteiger partial charge is 0.224 e. The second-order valence-electron chi connectivity index (χ2n) is 5.87. The lowest BCUT2D eigenvalue weighted by molar-refractivity contribution is -0.132. The molecule has 6 nitrogen and oxygen atoms in total. The minimum absolute atomic E-state index is 0.0418. The highest BCUT2D eigenvalue weighted by Crippen LogP contribution is 2.39. The Hall–Kier alpha value is -2.50. The molecule has 1 aromatic carbocycles. The summed E-state index contributed by atoms with van der Waals surface area (Å²) < 4.78 is 12.6. The van der Waals surface area contributed by atoms with Gasteiger partial charge in [0.05, 0.1) is 20.3 Å². The van der Waals surface area contributed by atoms with Gasteiger partial charge >= 0.3 is 0 Å². The summed E-state index contributed by atoms with van der Waals surface area (Å²) in [5.74, 6) is 1.73. The van der Waals surface area contributed by atoms with Gasteiger partial charge in [0.1, 0.15) is 11.5 Å². The van der Waals surface area contributed by atoms with E-state index < -0.39 is 0 Å². The van der Waals surface area contributed by atoms with Crippen molar-refractivity contribution in [3.8, 4) is 11.5 Å². The van der Waals surface area contributed by atoms with Crippen LogP contribution in [0, 0.1) is 0 Å². The van der Waals surface area contributed by atoms with Crippen LogP contribution in [0.2, 0.25) is 0 Å². The zero-order chi connectivity index (χ0) is 16.9. The van der Waals surface area contributed by atoms with Gasteiger partial charge in [0, 0.05) is 37.5 Å². The van der Waals surface area contributed by atoms with Crippen LogP contribution in [0.25, 0.3) is 0 Å². The Morgan fingerprint density at radius 2 is 2.21 bits per heavy atom. The number of methoxy groups -OCH3 is 2. The number of aryl methyl sites for hydroxylation is 1. The lowest BCUT2D eigenvalue weighted by Crippen LogP contribution is -2.31. The predicted molar refractivity (Wildman–Crippen MR) is 90.1 cm³/mol. The van der Waals surface area contributed by atoms with E-state index in [-0.39, 0.29) is 11.9 Å². The molecule has 0 bridgehead atoms. The van der Waals surface area contributed by atoms with Crippen molar-refractivity contribution in [2.75, 3.05) is 20.8 Å². The van der Waals surface area contributed by atoms with Crippen LogP contribution in [0.1, 0.15) is 30.9 Å². The van der Waals surface area contributed by atoms with Gasteiger partial charge in [-0.2, -0.15) is 5.10 Å². The topological polar surface area (TPSA) is 56.6 Å². The van der Waals surface area contributed by atoms with E-state index in [1.54, 1.807) is 25.1 Å². The van der Waals surface area contributed by atoms with E-state index >= 15 is 0 Å². The minimum Gasteiger partial charge on any atom is -0.497 e. The lowest BCUT2D eigenvalue weighted by atomic mass is 10.0. The molecule has 1 fully saturated rings. The summed E-state index contributed by atoms with van der Waals surface area (Å²) in [5.41, 5.74) is 1.02. The first kappa shape index (κ1) is 16.4. The van der Waals surface area contributed by atoms with Crippen molar-refractivity contribution in [3.63, 3.8) is 0 Å². The number of aromatic nitrogens is 2. The monoisotopic (exact) mass is 329 g/mol. The van der Waals surface area contributed by atoms with Crippen molar-refractivity contribution < 1.29 is 14.3 Å². The summed E-state index contributed by atoms with van der Waals surface area (Å²) in [4.78, 5) is 14.7. The maximum atomic E-state index is 12.7.